The molecule has 0 aliphatic carbocycles. The van der Waals surface area contributed by atoms with Crippen LogP contribution in [0.3, 0.4) is 0 Å². The van der Waals surface area contributed by atoms with E-state index in [9.17, 15) is 19.3 Å². The molecule has 2 aromatic rings. The molecule has 0 heterocycles. The fourth-order valence-corrected chi connectivity index (χ4v) is 2.08. The highest BCUT2D eigenvalue weighted by molar-refractivity contribution is 6.10. The largest absolute Gasteiger partial charge is 0.493 e. The molecule has 2 aromatic carbocycles. The average molecular weight is 331 g/mol. The molecule has 124 valence electrons. The molecule has 24 heavy (non-hydrogen) atoms. The lowest BCUT2D eigenvalue weighted by molar-refractivity contribution is -0.385. The lowest BCUT2D eigenvalue weighted by Gasteiger charge is -2.09. The zero-order chi connectivity index (χ0) is 17.7. The molecular weight excluding hydrogens is 317 g/mol. The number of rotatable bonds is 6. The Kier molecular flexibility index (Phi) is 5.26. The highest BCUT2D eigenvalue weighted by atomic mass is 19.1. The molecule has 0 radical (unpaired) electrons. The second-order valence-corrected chi connectivity index (χ2v) is 4.70. The summed E-state index contributed by atoms with van der Waals surface area (Å²) in [5.41, 5.74) is -0.393. The van der Waals surface area contributed by atoms with Gasteiger partial charge in [0.2, 0.25) is 0 Å². The van der Waals surface area contributed by atoms with Gasteiger partial charge in [0.05, 0.1) is 25.2 Å². The maximum absolute atomic E-state index is 13.6. The molecule has 0 unspecified atom stereocenters. The van der Waals surface area contributed by atoms with Crippen molar-refractivity contribution in [1.29, 1.82) is 0 Å². The summed E-state index contributed by atoms with van der Waals surface area (Å²) in [4.78, 5) is 22.8. The van der Waals surface area contributed by atoms with Crippen molar-refractivity contribution in [3.63, 3.8) is 0 Å². The number of allylic oxidation sites excluding steroid dienone is 1. The monoisotopic (exact) mass is 331 g/mol. The molecule has 0 aliphatic heterocycles. The third-order valence-corrected chi connectivity index (χ3v) is 3.28. The van der Waals surface area contributed by atoms with E-state index in [1.807, 2.05) is 0 Å². The topological polar surface area (TPSA) is 78.7 Å². The number of halogens is 1. The van der Waals surface area contributed by atoms with Crippen LogP contribution in [0, 0.1) is 15.9 Å². The molecule has 0 saturated carbocycles. The fraction of sp³-hybridized carbons (Fsp3) is 0.118. The summed E-state index contributed by atoms with van der Waals surface area (Å²) in [6.45, 7) is 0. The minimum Gasteiger partial charge on any atom is -0.493 e. The smallest absolute Gasteiger partial charge is 0.284 e. The summed E-state index contributed by atoms with van der Waals surface area (Å²) >= 11 is 0. The summed E-state index contributed by atoms with van der Waals surface area (Å²) in [5.74, 6) is -0.821. The van der Waals surface area contributed by atoms with E-state index in [0.717, 1.165) is 12.1 Å². The first-order valence-electron chi connectivity index (χ1n) is 6.85. The number of ketones is 1. The molecule has 0 amide bonds. The molecule has 7 heteroatoms. The van der Waals surface area contributed by atoms with E-state index in [0.29, 0.717) is 0 Å². The van der Waals surface area contributed by atoms with Gasteiger partial charge in [-0.05, 0) is 18.2 Å². The van der Waals surface area contributed by atoms with Gasteiger partial charge in [-0.2, -0.15) is 0 Å². The average Bonchev–Trinajstić information content (AvgIpc) is 2.59. The van der Waals surface area contributed by atoms with Crippen LogP contribution in [0.5, 0.6) is 11.5 Å². The summed E-state index contributed by atoms with van der Waals surface area (Å²) in [6.07, 6.45) is 2.34. The van der Waals surface area contributed by atoms with Crippen molar-refractivity contribution >= 4 is 17.5 Å². The molecule has 0 aromatic heterocycles. The summed E-state index contributed by atoms with van der Waals surface area (Å²) in [5, 5.41) is 11.2. The molecule has 0 bridgehead atoms. The van der Waals surface area contributed by atoms with E-state index >= 15 is 0 Å². The van der Waals surface area contributed by atoms with Crippen molar-refractivity contribution in [3.05, 3.63) is 69.5 Å². The SMILES string of the molecule is COc1cc(C(=O)/C=C/c2ccccc2F)c([N+](=O)[O-])cc1OC. The molecule has 0 aliphatic rings. The first kappa shape index (κ1) is 17.1. The number of ether oxygens (including phenoxy) is 2. The number of nitrogens with zero attached hydrogens (tertiary/aromatic N) is 1. The molecule has 0 fully saturated rings. The van der Waals surface area contributed by atoms with E-state index in [2.05, 4.69) is 0 Å². The van der Waals surface area contributed by atoms with Gasteiger partial charge >= 0.3 is 0 Å². The Hall–Kier alpha value is -3.22. The maximum Gasteiger partial charge on any atom is 0.284 e. The van der Waals surface area contributed by atoms with Crippen molar-refractivity contribution in [3.8, 4) is 11.5 Å². The van der Waals surface area contributed by atoms with Crippen LogP contribution in [-0.4, -0.2) is 24.9 Å². The van der Waals surface area contributed by atoms with Gasteiger partial charge in [-0.1, -0.05) is 18.2 Å². The highest BCUT2D eigenvalue weighted by Crippen LogP contribution is 2.34. The van der Waals surface area contributed by atoms with Crippen molar-refractivity contribution in [2.24, 2.45) is 0 Å². The molecule has 2 rings (SSSR count). The molecular formula is C17H14FNO5. The normalized spacial score (nSPS) is 10.6. The Bertz CT molecular complexity index is 817. The number of nitro benzene ring substituents is 1. The van der Waals surface area contributed by atoms with Crippen LogP contribution in [0.4, 0.5) is 10.1 Å². The second-order valence-electron chi connectivity index (χ2n) is 4.70. The third kappa shape index (κ3) is 3.57. The number of carbonyl (C=O) groups is 1. The van der Waals surface area contributed by atoms with Crippen LogP contribution in [0.15, 0.2) is 42.5 Å². The Labute approximate surface area is 137 Å². The van der Waals surface area contributed by atoms with Crippen LogP contribution < -0.4 is 9.47 Å². The molecule has 0 saturated heterocycles. The molecule has 0 atom stereocenters. The number of nitro groups is 1. The summed E-state index contributed by atoms with van der Waals surface area (Å²) in [7, 11) is 2.69. The number of benzene rings is 2. The van der Waals surface area contributed by atoms with E-state index in [1.165, 1.54) is 44.6 Å². The predicted molar refractivity (Wildman–Crippen MR) is 86.0 cm³/mol. The second kappa shape index (κ2) is 7.36. The van der Waals surface area contributed by atoms with Gasteiger partial charge in [-0.15, -0.1) is 0 Å². The standard InChI is InChI=1S/C17H14FNO5/c1-23-16-9-12(14(19(21)22)10-17(16)24-2)15(20)8-7-11-5-3-4-6-13(11)18/h3-10H,1-2H3/b8-7+. The van der Waals surface area contributed by atoms with Crippen LogP contribution in [0.2, 0.25) is 0 Å². The lowest BCUT2D eigenvalue weighted by atomic mass is 10.1. The first-order valence-corrected chi connectivity index (χ1v) is 6.85. The van der Waals surface area contributed by atoms with Crippen molar-refractivity contribution < 1.29 is 23.6 Å². The minimum absolute atomic E-state index is 0.138. The van der Waals surface area contributed by atoms with E-state index in [1.54, 1.807) is 6.07 Å². The third-order valence-electron chi connectivity index (χ3n) is 3.28. The van der Waals surface area contributed by atoms with Crippen molar-refractivity contribution in [2.75, 3.05) is 14.2 Å². The zero-order valence-electron chi connectivity index (χ0n) is 13.0. The first-order chi connectivity index (χ1) is 11.5. The van der Waals surface area contributed by atoms with Crippen LogP contribution in [0.25, 0.3) is 6.08 Å². The zero-order valence-corrected chi connectivity index (χ0v) is 13.0. The van der Waals surface area contributed by atoms with Gasteiger partial charge in [0.1, 0.15) is 11.4 Å². The van der Waals surface area contributed by atoms with Crippen LogP contribution in [-0.2, 0) is 0 Å². The summed E-state index contributed by atoms with van der Waals surface area (Å²) in [6, 6.07) is 8.22. The van der Waals surface area contributed by atoms with Gasteiger partial charge in [0.25, 0.3) is 5.69 Å². The van der Waals surface area contributed by atoms with Gasteiger partial charge in [0.15, 0.2) is 17.3 Å². The molecule has 0 N–H and O–H groups in total. The lowest BCUT2D eigenvalue weighted by Crippen LogP contribution is -2.03. The Morgan fingerprint density at radius 3 is 2.38 bits per heavy atom. The van der Waals surface area contributed by atoms with E-state index < -0.39 is 22.2 Å². The van der Waals surface area contributed by atoms with Gasteiger partial charge < -0.3 is 9.47 Å². The van der Waals surface area contributed by atoms with Crippen LogP contribution in [0.1, 0.15) is 15.9 Å². The maximum atomic E-state index is 13.6. The number of methoxy groups -OCH3 is 2. The van der Waals surface area contributed by atoms with Crippen molar-refractivity contribution in [2.45, 2.75) is 0 Å². The highest BCUT2D eigenvalue weighted by Gasteiger charge is 2.23. The fourth-order valence-electron chi connectivity index (χ4n) is 2.08. The molecule has 6 nitrogen and oxygen atoms in total. The quantitative estimate of drug-likeness (QED) is 0.349. The van der Waals surface area contributed by atoms with Gasteiger partial charge in [0, 0.05) is 11.6 Å². The van der Waals surface area contributed by atoms with E-state index in [4.69, 9.17) is 9.47 Å². The number of carbonyl (C=O) groups excluding carboxylic acids is 1. The number of hydrogen-bond donors (Lipinski definition) is 0. The number of hydrogen-bond acceptors (Lipinski definition) is 5. The minimum atomic E-state index is -0.688. The van der Waals surface area contributed by atoms with Crippen molar-refractivity contribution in [1.82, 2.24) is 0 Å². The van der Waals surface area contributed by atoms with Gasteiger partial charge in [-0.3, -0.25) is 14.9 Å². The molecule has 0 spiro atoms. The van der Waals surface area contributed by atoms with Crippen LogP contribution >= 0.6 is 0 Å². The predicted octanol–water partition coefficient (Wildman–Crippen LogP) is 3.65. The van der Waals surface area contributed by atoms with Gasteiger partial charge in [-0.25, -0.2) is 4.39 Å². The summed E-state index contributed by atoms with van der Waals surface area (Å²) < 4.78 is 23.6. The van der Waals surface area contributed by atoms with E-state index in [-0.39, 0.29) is 22.6 Å². The Morgan fingerprint density at radius 1 is 1.17 bits per heavy atom. The Morgan fingerprint density at radius 2 is 1.79 bits per heavy atom. The Balaban J connectivity index is 2.44.